The van der Waals surface area contributed by atoms with Gasteiger partial charge in [-0.25, -0.2) is 0 Å². The number of carbonyl (C=O) groups is 2. The van der Waals surface area contributed by atoms with Crippen LogP contribution in [0.25, 0.3) is 0 Å². The summed E-state index contributed by atoms with van der Waals surface area (Å²) in [7, 11) is 0. The fourth-order valence-electron chi connectivity index (χ4n) is 5.34. The monoisotopic (exact) mass is 671 g/mol. The van der Waals surface area contributed by atoms with E-state index in [1.807, 2.05) is 0 Å². The molecule has 0 spiro atoms. The molecule has 0 heterocycles. The standard InChI is InChI=1S/C24H46O2.C20H32O2/c1-2-3-4-5-6-7-8-9-10-11-12-13-14-15-16-17-18-19-20-21-22-23-24(25)26;1-2-3-4-5-6-7-8-9-10-11-12-13-14-15-16-17-18-19-20(21)22/h9-10H,2-8,11-23H2,1H3,(H,25,26);6-7,9-10,12-13,15-16H,2-5,8,11,14,17-19H2,1H3,(H,21,22). The molecule has 0 aliphatic heterocycles. The van der Waals surface area contributed by atoms with Crippen molar-refractivity contribution in [2.75, 3.05) is 0 Å². The van der Waals surface area contributed by atoms with E-state index in [0.29, 0.717) is 6.42 Å². The van der Waals surface area contributed by atoms with Crippen LogP contribution in [-0.2, 0) is 9.59 Å². The smallest absolute Gasteiger partial charge is 0.303 e. The number of carboxylic acids is 2. The molecule has 48 heavy (non-hydrogen) atoms. The lowest BCUT2D eigenvalue weighted by molar-refractivity contribution is -0.138. The SMILES string of the molecule is CCCCCC=CCC=CCC=CCC=CCCCC(=O)O.CCCCCCCCC=CCCCCCCCCCCCCCC(=O)O. The minimum absolute atomic E-state index is 0.262. The van der Waals surface area contributed by atoms with Gasteiger partial charge in [0.25, 0.3) is 0 Å². The maximum absolute atomic E-state index is 10.4. The summed E-state index contributed by atoms with van der Waals surface area (Å²) in [5.41, 5.74) is 0. The first-order valence-corrected chi connectivity index (χ1v) is 20.2. The molecule has 0 unspecified atom stereocenters. The van der Waals surface area contributed by atoms with Crippen LogP contribution in [0.4, 0.5) is 0 Å². The lowest BCUT2D eigenvalue weighted by Gasteiger charge is -2.02. The molecule has 0 aliphatic rings. The second-order valence-corrected chi connectivity index (χ2v) is 13.2. The van der Waals surface area contributed by atoms with Gasteiger partial charge >= 0.3 is 11.9 Å². The topological polar surface area (TPSA) is 74.6 Å². The summed E-state index contributed by atoms with van der Waals surface area (Å²) in [5, 5.41) is 17.1. The molecule has 0 aromatic heterocycles. The molecular weight excluding hydrogens is 592 g/mol. The Bertz CT molecular complexity index is 805. The molecule has 0 aromatic rings. The Morgan fingerprint density at radius 1 is 0.333 bits per heavy atom. The van der Waals surface area contributed by atoms with Crippen LogP contribution in [0.3, 0.4) is 0 Å². The van der Waals surface area contributed by atoms with Gasteiger partial charge in [-0.15, -0.1) is 0 Å². The van der Waals surface area contributed by atoms with Gasteiger partial charge in [0.1, 0.15) is 0 Å². The minimum atomic E-state index is -0.712. The van der Waals surface area contributed by atoms with Crippen molar-refractivity contribution in [1.29, 1.82) is 0 Å². The molecule has 0 radical (unpaired) electrons. The van der Waals surface area contributed by atoms with Crippen molar-refractivity contribution >= 4 is 11.9 Å². The van der Waals surface area contributed by atoms with Crippen molar-refractivity contribution in [3.05, 3.63) is 60.8 Å². The van der Waals surface area contributed by atoms with Crippen LogP contribution >= 0.6 is 0 Å². The average molecular weight is 671 g/mol. The van der Waals surface area contributed by atoms with Crippen LogP contribution in [0.2, 0.25) is 0 Å². The first-order chi connectivity index (χ1) is 23.5. The maximum Gasteiger partial charge on any atom is 0.303 e. The second-order valence-electron chi connectivity index (χ2n) is 13.2. The quantitative estimate of drug-likeness (QED) is 0.0520. The summed E-state index contributed by atoms with van der Waals surface area (Å²) in [6.45, 7) is 4.51. The summed E-state index contributed by atoms with van der Waals surface area (Å²) in [5.74, 6) is -1.37. The molecule has 0 rings (SSSR count). The summed E-state index contributed by atoms with van der Waals surface area (Å²) in [4.78, 5) is 20.7. The first-order valence-electron chi connectivity index (χ1n) is 20.2. The molecule has 0 atom stereocenters. The van der Waals surface area contributed by atoms with E-state index in [2.05, 4.69) is 74.6 Å². The van der Waals surface area contributed by atoms with E-state index in [-0.39, 0.29) is 6.42 Å². The number of unbranched alkanes of at least 4 members (excludes halogenated alkanes) is 21. The fraction of sp³-hybridized carbons (Fsp3) is 0.727. The van der Waals surface area contributed by atoms with Crippen molar-refractivity contribution in [3.63, 3.8) is 0 Å². The van der Waals surface area contributed by atoms with Crippen molar-refractivity contribution in [2.45, 2.75) is 206 Å². The van der Waals surface area contributed by atoms with Gasteiger partial charge in [0.15, 0.2) is 0 Å². The van der Waals surface area contributed by atoms with E-state index in [1.165, 1.54) is 135 Å². The Hall–Kier alpha value is -2.36. The molecular formula is C44H78O4. The lowest BCUT2D eigenvalue weighted by atomic mass is 10.0. The van der Waals surface area contributed by atoms with E-state index < -0.39 is 11.9 Å². The molecule has 0 saturated heterocycles. The number of hydrogen-bond donors (Lipinski definition) is 2. The predicted octanol–water partition coefficient (Wildman–Crippen LogP) is 14.7. The van der Waals surface area contributed by atoms with Crippen LogP contribution in [0.5, 0.6) is 0 Å². The highest BCUT2D eigenvalue weighted by Gasteiger charge is 1.97. The van der Waals surface area contributed by atoms with Crippen LogP contribution in [0.1, 0.15) is 206 Å². The van der Waals surface area contributed by atoms with Gasteiger partial charge in [-0.05, 0) is 77.0 Å². The number of rotatable bonds is 35. The summed E-state index contributed by atoms with van der Waals surface area (Å²) >= 11 is 0. The zero-order valence-electron chi connectivity index (χ0n) is 31.7. The number of carboxylic acid groups (broad SMARTS) is 2. The highest BCUT2D eigenvalue weighted by Crippen LogP contribution is 2.13. The van der Waals surface area contributed by atoms with Crippen LogP contribution in [-0.4, -0.2) is 22.2 Å². The fourth-order valence-corrected chi connectivity index (χ4v) is 5.34. The van der Waals surface area contributed by atoms with Crippen molar-refractivity contribution in [3.8, 4) is 0 Å². The Kier molecular flexibility index (Phi) is 44.4. The molecule has 278 valence electrons. The molecule has 0 amide bonds. The number of hydrogen-bond acceptors (Lipinski definition) is 2. The lowest BCUT2D eigenvalue weighted by Crippen LogP contribution is -1.93. The largest absolute Gasteiger partial charge is 0.481 e. The molecule has 0 aromatic carbocycles. The Morgan fingerprint density at radius 3 is 0.979 bits per heavy atom. The highest BCUT2D eigenvalue weighted by molar-refractivity contribution is 5.66. The molecule has 0 aliphatic carbocycles. The molecule has 0 fully saturated rings. The molecule has 0 saturated carbocycles. The van der Waals surface area contributed by atoms with Gasteiger partial charge in [-0.1, -0.05) is 177 Å². The average Bonchev–Trinajstić information content (AvgIpc) is 3.07. The van der Waals surface area contributed by atoms with E-state index in [0.717, 1.165) is 44.9 Å². The molecule has 0 bridgehead atoms. The van der Waals surface area contributed by atoms with Gasteiger partial charge in [0.05, 0.1) is 0 Å². The van der Waals surface area contributed by atoms with Gasteiger partial charge < -0.3 is 10.2 Å². The zero-order valence-corrected chi connectivity index (χ0v) is 31.7. The third kappa shape index (κ3) is 50.5. The predicted molar refractivity (Wildman–Crippen MR) is 211 cm³/mol. The maximum atomic E-state index is 10.4. The van der Waals surface area contributed by atoms with Crippen molar-refractivity contribution < 1.29 is 19.8 Å². The highest BCUT2D eigenvalue weighted by atomic mass is 16.4. The Morgan fingerprint density at radius 2 is 0.583 bits per heavy atom. The third-order valence-electron chi connectivity index (χ3n) is 8.37. The van der Waals surface area contributed by atoms with Gasteiger partial charge in [-0.3, -0.25) is 9.59 Å². The van der Waals surface area contributed by atoms with Crippen LogP contribution in [0, 0.1) is 0 Å². The normalized spacial score (nSPS) is 11.9. The summed E-state index contributed by atoms with van der Waals surface area (Å²) in [6, 6.07) is 0. The van der Waals surface area contributed by atoms with E-state index in [1.54, 1.807) is 0 Å². The molecule has 4 nitrogen and oxygen atoms in total. The van der Waals surface area contributed by atoms with Gasteiger partial charge in [0.2, 0.25) is 0 Å². The summed E-state index contributed by atoms with van der Waals surface area (Å²) in [6.07, 6.45) is 57.4. The number of aliphatic carboxylic acids is 2. The van der Waals surface area contributed by atoms with E-state index in [4.69, 9.17) is 10.2 Å². The van der Waals surface area contributed by atoms with Crippen LogP contribution in [0.15, 0.2) is 60.8 Å². The van der Waals surface area contributed by atoms with E-state index in [9.17, 15) is 9.59 Å². The molecule has 2 N–H and O–H groups in total. The minimum Gasteiger partial charge on any atom is -0.481 e. The van der Waals surface area contributed by atoms with Crippen LogP contribution < -0.4 is 0 Å². The number of allylic oxidation sites excluding steroid dienone is 10. The van der Waals surface area contributed by atoms with Crippen molar-refractivity contribution in [2.24, 2.45) is 0 Å². The van der Waals surface area contributed by atoms with E-state index >= 15 is 0 Å². The van der Waals surface area contributed by atoms with Gasteiger partial charge in [0, 0.05) is 12.8 Å². The van der Waals surface area contributed by atoms with Crippen molar-refractivity contribution in [1.82, 2.24) is 0 Å². The summed E-state index contributed by atoms with van der Waals surface area (Å²) < 4.78 is 0. The Labute approximate surface area is 298 Å². The Balaban J connectivity index is 0. The molecule has 4 heteroatoms. The van der Waals surface area contributed by atoms with Gasteiger partial charge in [-0.2, -0.15) is 0 Å². The third-order valence-corrected chi connectivity index (χ3v) is 8.37. The first kappa shape index (κ1) is 47.8. The zero-order chi connectivity index (χ0) is 35.4. The second kappa shape index (κ2) is 44.6.